The lowest BCUT2D eigenvalue weighted by molar-refractivity contribution is -0.145. The van der Waals surface area contributed by atoms with Gasteiger partial charge < -0.3 is 15.5 Å². The molecule has 3 N–H and O–H groups in total. The smallest absolute Gasteiger partial charge is 0.326 e. The maximum atomic E-state index is 11.8. The summed E-state index contributed by atoms with van der Waals surface area (Å²) >= 11 is 0. The topological polar surface area (TPSA) is 121 Å². The maximum absolute atomic E-state index is 11.8. The highest BCUT2D eigenvalue weighted by atomic mass is 16.4. The summed E-state index contributed by atoms with van der Waals surface area (Å²) in [5.74, 6) is -3.37. The van der Waals surface area contributed by atoms with Gasteiger partial charge in [0.1, 0.15) is 6.04 Å². The van der Waals surface area contributed by atoms with E-state index in [0.717, 1.165) is 6.20 Å². The van der Waals surface area contributed by atoms with E-state index in [9.17, 15) is 19.2 Å². The van der Waals surface area contributed by atoms with E-state index < -0.39 is 29.8 Å². The minimum absolute atomic E-state index is 0.0963. The second-order valence-electron chi connectivity index (χ2n) is 5.58. The van der Waals surface area contributed by atoms with Gasteiger partial charge in [-0.15, -0.1) is 0 Å². The first-order chi connectivity index (χ1) is 9.12. The second-order valence-corrected chi connectivity index (χ2v) is 5.58. The zero-order chi connectivity index (χ0) is 15.5. The number of rotatable bonds is 5. The van der Waals surface area contributed by atoms with Crippen molar-refractivity contribution in [2.45, 2.75) is 39.2 Å². The Labute approximate surface area is 115 Å². The van der Waals surface area contributed by atoms with Crippen LogP contribution in [0.2, 0.25) is 0 Å². The number of carbonyl (C=O) groups is 4. The van der Waals surface area contributed by atoms with Crippen molar-refractivity contribution in [2.75, 3.05) is 0 Å². The number of allylic oxidation sites excluding steroid dienone is 1. The summed E-state index contributed by atoms with van der Waals surface area (Å²) in [6.07, 6.45) is 0.778. The molecule has 1 atom stereocenters. The van der Waals surface area contributed by atoms with Crippen LogP contribution >= 0.6 is 0 Å². The molecule has 0 saturated heterocycles. The molecule has 1 saturated carbocycles. The van der Waals surface area contributed by atoms with E-state index in [1.54, 1.807) is 13.8 Å². The Morgan fingerprint density at radius 2 is 1.75 bits per heavy atom. The molecule has 0 heterocycles. The number of nitrogens with one attached hydrogen (secondary N) is 1. The maximum Gasteiger partial charge on any atom is 0.326 e. The minimum Gasteiger partial charge on any atom is -0.481 e. The van der Waals surface area contributed by atoms with Gasteiger partial charge in [0.2, 0.25) is 0 Å². The fraction of sp³-hybridized carbons (Fsp3) is 0.538. The third-order valence-corrected chi connectivity index (χ3v) is 2.98. The molecule has 0 aliphatic heterocycles. The van der Waals surface area contributed by atoms with Crippen molar-refractivity contribution >= 4 is 23.5 Å². The second kappa shape index (κ2) is 5.85. The molecule has 0 aromatic heterocycles. The number of carbonyl (C=O) groups excluding carboxylic acids is 2. The van der Waals surface area contributed by atoms with E-state index in [0.29, 0.717) is 0 Å². The van der Waals surface area contributed by atoms with Crippen molar-refractivity contribution in [2.24, 2.45) is 5.41 Å². The average molecular weight is 283 g/mol. The van der Waals surface area contributed by atoms with E-state index >= 15 is 0 Å². The molecular weight excluding hydrogens is 266 g/mol. The predicted octanol–water partition coefficient (Wildman–Crippen LogP) is 0.346. The summed E-state index contributed by atoms with van der Waals surface area (Å²) in [4.78, 5) is 45.0. The first kappa shape index (κ1) is 15.9. The van der Waals surface area contributed by atoms with Gasteiger partial charge in [-0.25, -0.2) is 4.79 Å². The molecule has 7 heteroatoms. The zero-order valence-corrected chi connectivity index (χ0v) is 11.3. The monoisotopic (exact) mass is 283 g/mol. The third-order valence-electron chi connectivity index (χ3n) is 2.98. The van der Waals surface area contributed by atoms with Crippen LogP contribution in [0.15, 0.2) is 11.8 Å². The lowest BCUT2D eigenvalue weighted by Gasteiger charge is -2.28. The molecule has 7 nitrogen and oxygen atoms in total. The van der Waals surface area contributed by atoms with Crippen LogP contribution in [-0.4, -0.2) is 39.8 Å². The average Bonchev–Trinajstić information content (AvgIpc) is 2.23. The van der Waals surface area contributed by atoms with Gasteiger partial charge in [0.05, 0.1) is 12.0 Å². The molecule has 1 fully saturated rings. The van der Waals surface area contributed by atoms with Gasteiger partial charge in [0.15, 0.2) is 11.6 Å². The lowest BCUT2D eigenvalue weighted by Crippen LogP contribution is -2.38. The highest BCUT2D eigenvalue weighted by molar-refractivity contribution is 6.22. The van der Waals surface area contributed by atoms with E-state index in [2.05, 4.69) is 5.32 Å². The molecule has 0 radical (unpaired) electrons. The number of carboxylic acids is 2. The van der Waals surface area contributed by atoms with Crippen LogP contribution in [0.1, 0.15) is 33.1 Å². The summed E-state index contributed by atoms with van der Waals surface area (Å²) in [5.41, 5.74) is -0.500. The SMILES string of the molecule is CC1(C)CC(=O)C(=CN[C@@H](CC(=O)O)C(=O)O)C(=O)C1. The van der Waals surface area contributed by atoms with Crippen molar-refractivity contribution in [1.29, 1.82) is 0 Å². The standard InChI is InChI=1S/C13H17NO6/c1-13(2)4-9(15)7(10(16)5-13)6-14-8(12(19)20)3-11(17)18/h6,8,14H,3-5H2,1-2H3,(H,17,18)(H,19,20)/t8-/m0/s1. The van der Waals surface area contributed by atoms with Crippen molar-refractivity contribution in [3.63, 3.8) is 0 Å². The highest BCUT2D eigenvalue weighted by Gasteiger charge is 2.35. The van der Waals surface area contributed by atoms with Crippen LogP contribution in [-0.2, 0) is 19.2 Å². The van der Waals surface area contributed by atoms with Crippen LogP contribution in [0.3, 0.4) is 0 Å². The molecule has 0 aromatic carbocycles. The quantitative estimate of drug-likeness (QED) is 0.491. The lowest BCUT2D eigenvalue weighted by atomic mass is 9.74. The van der Waals surface area contributed by atoms with Crippen LogP contribution in [0.5, 0.6) is 0 Å². The highest BCUT2D eigenvalue weighted by Crippen LogP contribution is 2.33. The molecule has 0 aromatic rings. The van der Waals surface area contributed by atoms with Crippen molar-refractivity contribution in [1.82, 2.24) is 5.32 Å². The van der Waals surface area contributed by atoms with Gasteiger partial charge in [-0.2, -0.15) is 0 Å². The van der Waals surface area contributed by atoms with E-state index in [-0.39, 0.29) is 30.0 Å². The summed E-state index contributed by atoms with van der Waals surface area (Å²) < 4.78 is 0. The fourth-order valence-electron chi connectivity index (χ4n) is 2.01. The van der Waals surface area contributed by atoms with Gasteiger partial charge in [0.25, 0.3) is 0 Å². The minimum atomic E-state index is -1.38. The number of hydrogen-bond acceptors (Lipinski definition) is 5. The molecule has 1 rings (SSSR count). The molecule has 1 aliphatic rings. The van der Waals surface area contributed by atoms with Crippen LogP contribution in [0.4, 0.5) is 0 Å². The molecule has 110 valence electrons. The first-order valence-electron chi connectivity index (χ1n) is 6.09. The predicted molar refractivity (Wildman–Crippen MR) is 67.9 cm³/mol. The molecular formula is C13H17NO6. The molecule has 20 heavy (non-hydrogen) atoms. The Morgan fingerprint density at radius 1 is 1.25 bits per heavy atom. The van der Waals surface area contributed by atoms with Crippen molar-refractivity contribution in [3.05, 3.63) is 11.8 Å². The zero-order valence-electron chi connectivity index (χ0n) is 11.3. The Morgan fingerprint density at radius 3 is 2.15 bits per heavy atom. The Bertz CT molecular complexity index is 469. The van der Waals surface area contributed by atoms with E-state index in [1.807, 2.05) is 0 Å². The molecule has 1 aliphatic carbocycles. The Hall–Kier alpha value is -2.18. The summed E-state index contributed by atoms with van der Waals surface area (Å²) in [5, 5.41) is 19.8. The number of Topliss-reactive ketones (excluding diaryl/α,β-unsaturated/α-hetero) is 2. The first-order valence-corrected chi connectivity index (χ1v) is 6.09. The van der Waals surface area contributed by atoms with Crippen molar-refractivity contribution in [3.8, 4) is 0 Å². The van der Waals surface area contributed by atoms with E-state index in [4.69, 9.17) is 10.2 Å². The van der Waals surface area contributed by atoms with Gasteiger partial charge in [-0.05, 0) is 5.41 Å². The summed E-state index contributed by atoms with van der Waals surface area (Å²) in [6, 6.07) is -1.38. The number of aliphatic carboxylic acids is 2. The van der Waals surface area contributed by atoms with Gasteiger partial charge in [-0.3, -0.25) is 14.4 Å². The molecule has 0 amide bonds. The molecule has 0 unspecified atom stereocenters. The van der Waals surface area contributed by atoms with Crippen LogP contribution in [0, 0.1) is 5.41 Å². The summed E-state index contributed by atoms with van der Waals surface area (Å²) in [7, 11) is 0. The largest absolute Gasteiger partial charge is 0.481 e. The van der Waals surface area contributed by atoms with Crippen LogP contribution in [0.25, 0.3) is 0 Å². The number of ketones is 2. The van der Waals surface area contributed by atoms with Gasteiger partial charge in [0, 0.05) is 19.0 Å². The summed E-state index contributed by atoms with van der Waals surface area (Å²) in [6.45, 7) is 3.61. The fourth-order valence-corrected chi connectivity index (χ4v) is 2.01. The number of hydrogen-bond donors (Lipinski definition) is 3. The normalized spacial score (nSPS) is 19.4. The molecule has 0 spiro atoms. The van der Waals surface area contributed by atoms with Crippen LogP contribution < -0.4 is 5.32 Å². The van der Waals surface area contributed by atoms with Gasteiger partial charge >= 0.3 is 11.9 Å². The van der Waals surface area contributed by atoms with Crippen molar-refractivity contribution < 1.29 is 29.4 Å². The third kappa shape index (κ3) is 4.18. The Kier molecular flexibility index (Phi) is 4.65. The number of carboxylic acid groups (broad SMARTS) is 2. The molecule has 0 bridgehead atoms. The van der Waals surface area contributed by atoms with Gasteiger partial charge in [-0.1, -0.05) is 13.8 Å². The van der Waals surface area contributed by atoms with E-state index in [1.165, 1.54) is 0 Å². The Balaban J connectivity index is 2.83.